The fraction of sp³-hybridized carbons (Fsp3) is 0.211. The molecule has 2 heterocycles. The lowest BCUT2D eigenvalue weighted by Crippen LogP contribution is -2.21. The molecule has 3 N–H and O–H groups in total. The van der Waals surface area contributed by atoms with Crippen molar-refractivity contribution in [1.82, 2.24) is 15.0 Å². The zero-order valence-electron chi connectivity index (χ0n) is 15.6. The van der Waals surface area contributed by atoms with Crippen molar-refractivity contribution >= 4 is 29.1 Å². The molecule has 0 amide bonds. The summed E-state index contributed by atoms with van der Waals surface area (Å²) in [7, 11) is 0. The lowest BCUT2D eigenvalue weighted by atomic mass is 10.2. The van der Waals surface area contributed by atoms with E-state index in [0.29, 0.717) is 17.2 Å². The Morgan fingerprint density at radius 3 is 2.50 bits per heavy atom. The first-order valence-corrected chi connectivity index (χ1v) is 9.10. The fourth-order valence-corrected chi connectivity index (χ4v) is 2.67. The first kappa shape index (κ1) is 21.6. The van der Waals surface area contributed by atoms with Gasteiger partial charge in [-0.1, -0.05) is 11.6 Å². The molecular formula is C19H17ClF3N5O2. The molecule has 0 aliphatic heterocycles. The molecule has 3 rings (SSSR count). The number of hydrogen-bond donors (Lipinski definition) is 3. The largest absolute Gasteiger partial charge is 0.573 e. The van der Waals surface area contributed by atoms with Gasteiger partial charge in [0.05, 0.1) is 17.3 Å². The minimum absolute atomic E-state index is 0.123. The van der Waals surface area contributed by atoms with Crippen LogP contribution in [0.15, 0.2) is 48.8 Å². The standard InChI is InChI=1S/C19H17ClF3N5O2/c1-11(10-29)25-18-27-15(12-4-6-24-7-5-12)9-17(28-18)26-13-2-3-16(14(20)8-13)30-19(21,22)23/h2-9,11,29H,10H2,1H3,(H2,25,26,27,28)/t11-/m0/s1. The Balaban J connectivity index is 1.91. The molecule has 0 unspecified atom stereocenters. The normalized spacial score (nSPS) is 12.3. The van der Waals surface area contributed by atoms with Crippen LogP contribution in [0, 0.1) is 0 Å². The van der Waals surface area contributed by atoms with E-state index < -0.39 is 12.1 Å². The van der Waals surface area contributed by atoms with Crippen LogP contribution in [0.3, 0.4) is 0 Å². The summed E-state index contributed by atoms with van der Waals surface area (Å²) in [6.07, 6.45) is -1.60. The second kappa shape index (κ2) is 9.14. The van der Waals surface area contributed by atoms with E-state index in [4.69, 9.17) is 11.6 Å². The highest BCUT2D eigenvalue weighted by Crippen LogP contribution is 2.33. The maximum Gasteiger partial charge on any atom is 0.573 e. The quantitative estimate of drug-likeness (QED) is 0.494. The topological polar surface area (TPSA) is 92.2 Å². The molecule has 11 heteroatoms. The van der Waals surface area contributed by atoms with Gasteiger partial charge in [-0.05, 0) is 37.3 Å². The predicted octanol–water partition coefficient (Wildman–Crippen LogP) is 4.63. The van der Waals surface area contributed by atoms with Crippen LogP contribution in [-0.2, 0) is 0 Å². The number of aliphatic hydroxyl groups excluding tert-OH is 1. The zero-order chi connectivity index (χ0) is 21.7. The molecule has 0 saturated heterocycles. The summed E-state index contributed by atoms with van der Waals surface area (Å²) in [5.41, 5.74) is 1.75. The van der Waals surface area contributed by atoms with Crippen molar-refractivity contribution in [3.8, 4) is 17.0 Å². The second-order valence-corrected chi connectivity index (χ2v) is 6.65. The van der Waals surface area contributed by atoms with Gasteiger partial charge in [0.25, 0.3) is 0 Å². The molecule has 0 fully saturated rings. The predicted molar refractivity (Wildman–Crippen MR) is 107 cm³/mol. The van der Waals surface area contributed by atoms with E-state index in [-0.39, 0.29) is 23.6 Å². The van der Waals surface area contributed by atoms with Crippen LogP contribution in [0.4, 0.5) is 30.6 Å². The smallest absolute Gasteiger partial charge is 0.404 e. The van der Waals surface area contributed by atoms with Crippen LogP contribution in [-0.4, -0.2) is 39.1 Å². The average Bonchev–Trinajstić information content (AvgIpc) is 2.69. The van der Waals surface area contributed by atoms with E-state index in [9.17, 15) is 18.3 Å². The molecule has 158 valence electrons. The number of aromatic nitrogens is 3. The number of rotatable bonds is 7. The number of anilines is 3. The first-order valence-electron chi connectivity index (χ1n) is 8.72. The van der Waals surface area contributed by atoms with E-state index in [2.05, 4.69) is 30.3 Å². The van der Waals surface area contributed by atoms with Gasteiger partial charge in [-0.3, -0.25) is 4.98 Å². The van der Waals surface area contributed by atoms with Crippen LogP contribution < -0.4 is 15.4 Å². The number of hydrogen-bond acceptors (Lipinski definition) is 7. The molecule has 0 radical (unpaired) electrons. The molecule has 0 aliphatic carbocycles. The van der Waals surface area contributed by atoms with Gasteiger partial charge in [0, 0.05) is 35.8 Å². The lowest BCUT2D eigenvalue weighted by Gasteiger charge is -2.15. The van der Waals surface area contributed by atoms with Crippen molar-refractivity contribution in [3.63, 3.8) is 0 Å². The third-order valence-corrected chi connectivity index (χ3v) is 4.08. The van der Waals surface area contributed by atoms with E-state index in [1.54, 1.807) is 37.5 Å². The van der Waals surface area contributed by atoms with Gasteiger partial charge in [-0.25, -0.2) is 4.98 Å². The zero-order valence-corrected chi connectivity index (χ0v) is 16.4. The molecule has 7 nitrogen and oxygen atoms in total. The van der Waals surface area contributed by atoms with Crippen LogP contribution in [0.5, 0.6) is 5.75 Å². The third kappa shape index (κ3) is 5.94. The Labute approximate surface area is 174 Å². The highest BCUT2D eigenvalue weighted by Gasteiger charge is 2.32. The van der Waals surface area contributed by atoms with Crippen molar-refractivity contribution < 1.29 is 23.0 Å². The Morgan fingerprint density at radius 2 is 1.87 bits per heavy atom. The highest BCUT2D eigenvalue weighted by molar-refractivity contribution is 6.32. The molecule has 2 aromatic heterocycles. The van der Waals surface area contributed by atoms with Gasteiger partial charge in [-0.15, -0.1) is 13.2 Å². The molecule has 0 aliphatic rings. The number of pyridine rings is 1. The van der Waals surface area contributed by atoms with Crippen LogP contribution in [0.25, 0.3) is 11.3 Å². The molecule has 0 spiro atoms. The number of benzene rings is 1. The van der Waals surface area contributed by atoms with Crippen molar-refractivity contribution in [2.75, 3.05) is 17.2 Å². The number of halogens is 4. The van der Waals surface area contributed by atoms with Gasteiger partial charge in [0.2, 0.25) is 5.95 Å². The average molecular weight is 440 g/mol. The monoisotopic (exact) mass is 439 g/mol. The number of alkyl halides is 3. The molecule has 3 aromatic rings. The van der Waals surface area contributed by atoms with E-state index in [0.717, 1.165) is 11.6 Å². The van der Waals surface area contributed by atoms with Crippen LogP contribution in [0.2, 0.25) is 5.02 Å². The second-order valence-electron chi connectivity index (χ2n) is 6.24. The van der Waals surface area contributed by atoms with E-state index in [1.165, 1.54) is 12.1 Å². The minimum Gasteiger partial charge on any atom is -0.404 e. The third-order valence-electron chi connectivity index (χ3n) is 3.78. The molecular weight excluding hydrogens is 423 g/mol. The molecule has 0 saturated carbocycles. The van der Waals surface area contributed by atoms with E-state index in [1.807, 2.05) is 0 Å². The summed E-state index contributed by atoms with van der Waals surface area (Å²) in [4.78, 5) is 12.7. The van der Waals surface area contributed by atoms with Gasteiger partial charge in [0.1, 0.15) is 11.6 Å². The summed E-state index contributed by atoms with van der Waals surface area (Å²) in [6.45, 7) is 1.64. The molecule has 30 heavy (non-hydrogen) atoms. The Morgan fingerprint density at radius 1 is 1.13 bits per heavy atom. The summed E-state index contributed by atoms with van der Waals surface area (Å²) in [5, 5.41) is 15.0. The van der Waals surface area contributed by atoms with Crippen molar-refractivity contribution in [3.05, 3.63) is 53.8 Å². The fourth-order valence-electron chi connectivity index (χ4n) is 2.45. The van der Waals surface area contributed by atoms with Gasteiger partial charge in [0.15, 0.2) is 0 Å². The maximum atomic E-state index is 12.4. The SMILES string of the molecule is C[C@@H](CO)Nc1nc(Nc2ccc(OC(F)(F)F)c(Cl)c2)cc(-c2ccncc2)n1. The lowest BCUT2D eigenvalue weighted by molar-refractivity contribution is -0.274. The molecule has 0 bridgehead atoms. The van der Waals surface area contributed by atoms with Crippen LogP contribution >= 0.6 is 11.6 Å². The molecule has 1 aromatic carbocycles. The summed E-state index contributed by atoms with van der Waals surface area (Å²) < 4.78 is 41.1. The van der Waals surface area contributed by atoms with Crippen molar-refractivity contribution in [2.24, 2.45) is 0 Å². The van der Waals surface area contributed by atoms with Gasteiger partial charge >= 0.3 is 6.36 Å². The summed E-state index contributed by atoms with van der Waals surface area (Å²) in [5.74, 6) is 0.121. The summed E-state index contributed by atoms with van der Waals surface area (Å²) >= 11 is 5.90. The Kier molecular flexibility index (Phi) is 6.58. The van der Waals surface area contributed by atoms with Gasteiger partial charge < -0.3 is 20.5 Å². The number of ether oxygens (including phenoxy) is 1. The Bertz CT molecular complexity index is 1010. The van der Waals surface area contributed by atoms with E-state index >= 15 is 0 Å². The highest BCUT2D eigenvalue weighted by atomic mass is 35.5. The van der Waals surface area contributed by atoms with Crippen molar-refractivity contribution in [2.45, 2.75) is 19.3 Å². The van der Waals surface area contributed by atoms with Crippen LogP contribution in [0.1, 0.15) is 6.92 Å². The maximum absolute atomic E-state index is 12.4. The Hall–Kier alpha value is -3.11. The van der Waals surface area contributed by atoms with Gasteiger partial charge in [-0.2, -0.15) is 4.98 Å². The van der Waals surface area contributed by atoms with Crippen molar-refractivity contribution in [1.29, 1.82) is 0 Å². The molecule has 1 atom stereocenters. The summed E-state index contributed by atoms with van der Waals surface area (Å²) in [6, 6.07) is 8.69. The number of nitrogens with one attached hydrogen (secondary N) is 2. The first-order chi connectivity index (χ1) is 14.2. The number of aliphatic hydroxyl groups is 1. The minimum atomic E-state index is -4.84. The number of nitrogens with zero attached hydrogens (tertiary/aromatic N) is 3.